The summed E-state index contributed by atoms with van der Waals surface area (Å²) in [5.74, 6) is 1.67. The van der Waals surface area contributed by atoms with Crippen molar-refractivity contribution in [1.82, 2.24) is 34.1 Å². The van der Waals surface area contributed by atoms with Crippen LogP contribution in [-0.4, -0.2) is 34.1 Å². The molecule has 15 rings (SSSR count). The van der Waals surface area contributed by atoms with Crippen LogP contribution in [0, 0.1) is 0 Å². The van der Waals surface area contributed by atoms with Crippen LogP contribution in [0.15, 0.2) is 237 Å². The van der Waals surface area contributed by atoms with E-state index in [0.717, 1.165) is 83.7 Å². The van der Waals surface area contributed by atoms with Gasteiger partial charge in [0.15, 0.2) is 17.5 Å². The summed E-state index contributed by atoms with van der Waals surface area (Å²) in [5.41, 5.74) is 14.0. The molecule has 0 atom stereocenters. The monoisotopic (exact) mass is 949 g/mol. The second-order valence-electron chi connectivity index (χ2n) is 18.3. The van der Waals surface area contributed by atoms with Gasteiger partial charge in [-0.05, 0) is 60.7 Å². The maximum atomic E-state index is 5.49. The highest BCUT2D eigenvalue weighted by molar-refractivity contribution is 7.27. The topological polar surface area (TPSA) is 74.3 Å². The van der Waals surface area contributed by atoms with Gasteiger partial charge in [-0.15, -0.1) is 11.3 Å². The molecule has 73 heavy (non-hydrogen) atoms. The van der Waals surface area contributed by atoms with Crippen LogP contribution in [0.2, 0.25) is 0 Å². The number of rotatable bonds is 7. The van der Waals surface area contributed by atoms with Crippen LogP contribution in [0.1, 0.15) is 0 Å². The molecule has 0 saturated heterocycles. The van der Waals surface area contributed by atoms with Gasteiger partial charge in [-0.1, -0.05) is 176 Å². The van der Waals surface area contributed by atoms with Crippen molar-refractivity contribution in [2.24, 2.45) is 0 Å². The van der Waals surface area contributed by atoms with E-state index in [0.29, 0.717) is 17.5 Å². The standard InChI is InChI=1S/C65H39N7S/c1-5-21-40(22-6-1)58-59(67-51-33-17-16-32-50(51)66-58)45-38-37-44(39-49(45)65-69-63(41-23-7-2-8-24-41)68-64(70-65)42-25-9-3-10-26-42)72-52-34-18-13-29-46(52)55-56-48-31-15-20-36-54(48)73-62(56)57-47-30-14-19-35-53(47)71(61(57)60(55)72)43-27-11-4-12-28-43/h1-39H. The molecule has 0 fully saturated rings. The smallest absolute Gasteiger partial charge is 0.164 e. The van der Waals surface area contributed by atoms with E-state index in [1.807, 2.05) is 78.1 Å². The molecule has 5 heterocycles. The zero-order valence-corrected chi connectivity index (χ0v) is 39.9. The molecule has 0 spiro atoms. The zero-order valence-electron chi connectivity index (χ0n) is 39.1. The number of fused-ring (bicyclic) bond motifs is 13. The number of nitrogens with zero attached hydrogens (tertiary/aromatic N) is 7. The van der Waals surface area contributed by atoms with Gasteiger partial charge in [0.2, 0.25) is 0 Å². The SMILES string of the molecule is c1ccc(-c2nc(-c3ccccc3)nc(-c3cc(-n4c5ccccc5c5c6c7ccccc7sc6c6c7ccccc7n(-c7ccccc7)c6c54)ccc3-c3nc4ccccc4nc3-c3ccccc3)n2)cc1. The van der Waals surface area contributed by atoms with Crippen molar-refractivity contribution >= 4 is 86.2 Å². The lowest BCUT2D eigenvalue weighted by Gasteiger charge is -2.18. The maximum Gasteiger partial charge on any atom is 0.164 e. The summed E-state index contributed by atoms with van der Waals surface area (Å²) in [6, 6.07) is 82.9. The highest BCUT2D eigenvalue weighted by Crippen LogP contribution is 2.51. The van der Waals surface area contributed by atoms with Gasteiger partial charge < -0.3 is 9.13 Å². The minimum Gasteiger partial charge on any atom is -0.307 e. The predicted octanol–water partition coefficient (Wildman–Crippen LogP) is 16.7. The van der Waals surface area contributed by atoms with Crippen molar-refractivity contribution in [3.8, 4) is 68.1 Å². The van der Waals surface area contributed by atoms with Crippen LogP contribution in [0.3, 0.4) is 0 Å². The van der Waals surface area contributed by atoms with E-state index in [-0.39, 0.29) is 0 Å². The average Bonchev–Trinajstić information content (AvgIpc) is 4.14. The molecular formula is C65H39N7S. The maximum absolute atomic E-state index is 5.49. The lowest BCUT2D eigenvalue weighted by Crippen LogP contribution is -2.04. The summed E-state index contributed by atoms with van der Waals surface area (Å²) < 4.78 is 7.49. The Kier molecular flexibility index (Phi) is 9.30. The highest BCUT2D eigenvalue weighted by atomic mass is 32.1. The first-order valence-corrected chi connectivity index (χ1v) is 25.2. The van der Waals surface area contributed by atoms with E-state index >= 15 is 0 Å². The Morgan fingerprint density at radius 2 is 0.795 bits per heavy atom. The second kappa shape index (κ2) is 16.5. The van der Waals surface area contributed by atoms with E-state index < -0.39 is 0 Å². The van der Waals surface area contributed by atoms with Crippen LogP contribution < -0.4 is 0 Å². The molecule has 340 valence electrons. The normalized spacial score (nSPS) is 11.8. The Hall–Kier alpha value is -9.63. The van der Waals surface area contributed by atoms with Crippen LogP contribution in [0.4, 0.5) is 0 Å². The van der Waals surface area contributed by atoms with Crippen LogP contribution >= 0.6 is 11.3 Å². The number of thiophene rings is 1. The fraction of sp³-hybridized carbons (Fsp3) is 0. The Balaban J connectivity index is 1.12. The van der Waals surface area contributed by atoms with Gasteiger partial charge in [-0.3, -0.25) is 0 Å². The number of benzene rings is 10. The van der Waals surface area contributed by atoms with Crippen molar-refractivity contribution in [2.75, 3.05) is 0 Å². The average molecular weight is 950 g/mol. The lowest BCUT2D eigenvalue weighted by molar-refractivity contribution is 1.07. The highest BCUT2D eigenvalue weighted by Gasteiger charge is 2.28. The molecule has 0 amide bonds. The van der Waals surface area contributed by atoms with Crippen molar-refractivity contribution in [3.05, 3.63) is 237 Å². The summed E-state index contributed by atoms with van der Waals surface area (Å²) in [6.45, 7) is 0. The summed E-state index contributed by atoms with van der Waals surface area (Å²) in [7, 11) is 0. The van der Waals surface area contributed by atoms with E-state index in [1.54, 1.807) is 0 Å². The molecule has 8 heteroatoms. The van der Waals surface area contributed by atoms with Crippen molar-refractivity contribution in [1.29, 1.82) is 0 Å². The number of hydrogen-bond donors (Lipinski definition) is 0. The lowest BCUT2D eigenvalue weighted by atomic mass is 9.97. The third-order valence-corrected chi connectivity index (χ3v) is 15.3. The molecule has 5 aromatic heterocycles. The Labute approximate surface area is 422 Å². The third-order valence-electron chi connectivity index (χ3n) is 14.1. The molecule has 7 nitrogen and oxygen atoms in total. The zero-order chi connectivity index (χ0) is 48.0. The Morgan fingerprint density at radius 1 is 0.315 bits per heavy atom. The Bertz CT molecular complexity index is 4600. The van der Waals surface area contributed by atoms with Crippen LogP contribution in [-0.2, 0) is 0 Å². The first-order valence-electron chi connectivity index (χ1n) is 24.4. The molecule has 0 N–H and O–H groups in total. The molecule has 0 saturated carbocycles. The third kappa shape index (κ3) is 6.47. The van der Waals surface area contributed by atoms with Crippen molar-refractivity contribution in [2.45, 2.75) is 0 Å². The van der Waals surface area contributed by atoms with Gasteiger partial charge in [0.05, 0.1) is 44.5 Å². The van der Waals surface area contributed by atoms with Gasteiger partial charge in [-0.25, -0.2) is 24.9 Å². The fourth-order valence-electron chi connectivity index (χ4n) is 11.0. The van der Waals surface area contributed by atoms with Gasteiger partial charge in [0.25, 0.3) is 0 Å². The summed E-state index contributed by atoms with van der Waals surface area (Å²) in [4.78, 5) is 26.8. The first kappa shape index (κ1) is 41.2. The van der Waals surface area contributed by atoms with Gasteiger partial charge in [0.1, 0.15) is 0 Å². The molecule has 10 aromatic carbocycles. The summed E-state index contributed by atoms with van der Waals surface area (Å²) in [5, 5.41) is 7.35. The van der Waals surface area contributed by atoms with E-state index in [1.165, 1.54) is 41.7 Å². The molecule has 0 bridgehead atoms. The molecule has 0 unspecified atom stereocenters. The van der Waals surface area contributed by atoms with Gasteiger partial charge >= 0.3 is 0 Å². The van der Waals surface area contributed by atoms with Crippen molar-refractivity contribution < 1.29 is 0 Å². The minimum absolute atomic E-state index is 0.522. The molecule has 0 aliphatic heterocycles. The summed E-state index contributed by atoms with van der Waals surface area (Å²) >= 11 is 1.88. The van der Waals surface area contributed by atoms with Gasteiger partial charge in [0, 0.05) is 80.9 Å². The molecular weight excluding hydrogens is 911 g/mol. The second-order valence-corrected chi connectivity index (χ2v) is 19.4. The molecule has 0 aliphatic carbocycles. The largest absolute Gasteiger partial charge is 0.307 e. The van der Waals surface area contributed by atoms with Crippen molar-refractivity contribution in [3.63, 3.8) is 0 Å². The number of para-hydroxylation sites is 5. The van der Waals surface area contributed by atoms with E-state index in [4.69, 9.17) is 24.9 Å². The molecule has 0 aliphatic rings. The van der Waals surface area contributed by atoms with Crippen LogP contribution in [0.25, 0.3) is 143 Å². The summed E-state index contributed by atoms with van der Waals surface area (Å²) in [6.07, 6.45) is 0. The van der Waals surface area contributed by atoms with Gasteiger partial charge in [-0.2, -0.15) is 0 Å². The number of hydrogen-bond acceptors (Lipinski definition) is 6. The Morgan fingerprint density at radius 3 is 1.44 bits per heavy atom. The minimum atomic E-state index is 0.522. The quantitative estimate of drug-likeness (QED) is 0.159. The molecule has 15 aromatic rings. The molecule has 0 radical (unpaired) electrons. The fourth-order valence-corrected chi connectivity index (χ4v) is 12.2. The van der Waals surface area contributed by atoms with Crippen LogP contribution in [0.5, 0.6) is 0 Å². The van der Waals surface area contributed by atoms with E-state index in [9.17, 15) is 0 Å². The predicted molar refractivity (Wildman–Crippen MR) is 302 cm³/mol. The van der Waals surface area contributed by atoms with E-state index in [2.05, 4.69) is 179 Å². The first-order chi connectivity index (χ1) is 36.2. The number of aromatic nitrogens is 7.